The lowest BCUT2D eigenvalue weighted by Gasteiger charge is -2.21. The molecular formula is C21H27N3O5. The Balaban J connectivity index is 2.31. The molecule has 1 aromatic heterocycles. The van der Waals surface area contributed by atoms with Gasteiger partial charge in [0.05, 0.1) is 18.4 Å². The largest absolute Gasteiger partial charge is 0.495 e. The summed E-state index contributed by atoms with van der Waals surface area (Å²) in [6.07, 6.45) is 0. The number of rotatable bonds is 8. The number of benzene rings is 1. The molecular weight excluding hydrogens is 374 g/mol. The van der Waals surface area contributed by atoms with E-state index in [-0.39, 0.29) is 5.92 Å². The minimum absolute atomic E-state index is 0.217. The summed E-state index contributed by atoms with van der Waals surface area (Å²) in [4.78, 5) is 35.9. The zero-order chi connectivity index (χ0) is 21.7. The van der Waals surface area contributed by atoms with E-state index in [0.717, 1.165) is 11.4 Å². The van der Waals surface area contributed by atoms with Crippen LogP contribution in [-0.2, 0) is 9.59 Å². The fourth-order valence-corrected chi connectivity index (χ4v) is 3.20. The second kappa shape index (κ2) is 9.27. The number of aliphatic carboxylic acids is 1. The minimum atomic E-state index is -1.15. The second-order valence-corrected chi connectivity index (χ2v) is 7.10. The first-order valence-corrected chi connectivity index (χ1v) is 9.30. The van der Waals surface area contributed by atoms with Gasteiger partial charge < -0.3 is 25.0 Å². The number of hydrogen-bond acceptors (Lipinski definition) is 4. The lowest BCUT2D eigenvalue weighted by molar-refractivity contribution is -0.138. The summed E-state index contributed by atoms with van der Waals surface area (Å²) in [7, 11) is 1.59. The van der Waals surface area contributed by atoms with Crippen LogP contribution in [0, 0.1) is 19.8 Å². The molecule has 2 rings (SSSR count). The van der Waals surface area contributed by atoms with Crippen LogP contribution in [0.5, 0.6) is 5.75 Å². The third kappa shape index (κ3) is 4.96. The Morgan fingerprint density at radius 3 is 2.41 bits per heavy atom. The Bertz CT molecular complexity index is 917. The maximum atomic E-state index is 12.9. The van der Waals surface area contributed by atoms with Crippen LogP contribution in [-0.4, -0.2) is 47.2 Å². The van der Waals surface area contributed by atoms with Gasteiger partial charge in [0.25, 0.3) is 5.91 Å². The normalized spacial score (nSPS) is 11.8. The summed E-state index contributed by atoms with van der Waals surface area (Å²) in [5.74, 6) is -1.62. The van der Waals surface area contributed by atoms with E-state index in [0.29, 0.717) is 17.0 Å². The number of amides is 2. The van der Waals surface area contributed by atoms with Gasteiger partial charge in [0.1, 0.15) is 18.3 Å². The summed E-state index contributed by atoms with van der Waals surface area (Å²) < 4.78 is 7.35. The van der Waals surface area contributed by atoms with E-state index in [2.05, 4.69) is 10.6 Å². The van der Waals surface area contributed by atoms with Gasteiger partial charge in [-0.3, -0.25) is 14.4 Å². The molecule has 1 unspecified atom stereocenters. The number of carboxylic acid groups (broad SMARTS) is 1. The van der Waals surface area contributed by atoms with Crippen molar-refractivity contribution in [3.63, 3.8) is 0 Å². The van der Waals surface area contributed by atoms with Gasteiger partial charge in [0.15, 0.2) is 0 Å². The van der Waals surface area contributed by atoms with Crippen molar-refractivity contribution >= 4 is 17.8 Å². The first-order chi connectivity index (χ1) is 13.7. The summed E-state index contributed by atoms with van der Waals surface area (Å²) in [6.45, 7) is 6.77. The van der Waals surface area contributed by atoms with E-state index < -0.39 is 30.4 Å². The highest BCUT2D eigenvalue weighted by Crippen LogP contribution is 2.28. The molecule has 1 atom stereocenters. The molecule has 8 heteroatoms. The zero-order valence-corrected chi connectivity index (χ0v) is 17.3. The van der Waals surface area contributed by atoms with Crippen LogP contribution in [0.15, 0.2) is 30.3 Å². The van der Waals surface area contributed by atoms with Gasteiger partial charge in [-0.05, 0) is 38.0 Å². The number of methoxy groups -OCH3 is 1. The number of aryl methyl sites for hydroxylation is 1. The van der Waals surface area contributed by atoms with E-state index in [9.17, 15) is 14.4 Å². The molecule has 8 nitrogen and oxygen atoms in total. The first kappa shape index (κ1) is 22.0. The van der Waals surface area contributed by atoms with Crippen molar-refractivity contribution in [2.24, 2.45) is 5.92 Å². The van der Waals surface area contributed by atoms with E-state index in [1.54, 1.807) is 27.0 Å². The fourth-order valence-electron chi connectivity index (χ4n) is 3.20. The van der Waals surface area contributed by atoms with Crippen molar-refractivity contribution < 1.29 is 24.2 Å². The maximum Gasteiger partial charge on any atom is 0.322 e. The number of carbonyl (C=O) groups excluding carboxylic acids is 2. The number of para-hydroxylation sites is 2. The molecule has 29 heavy (non-hydrogen) atoms. The Morgan fingerprint density at radius 2 is 1.83 bits per heavy atom. The fraction of sp³-hybridized carbons (Fsp3) is 0.381. The van der Waals surface area contributed by atoms with E-state index in [1.807, 2.05) is 42.7 Å². The average molecular weight is 401 g/mol. The number of hydrogen-bond donors (Lipinski definition) is 3. The molecule has 0 saturated carbocycles. The van der Waals surface area contributed by atoms with Crippen LogP contribution < -0.4 is 15.4 Å². The van der Waals surface area contributed by atoms with Gasteiger partial charge in [0, 0.05) is 11.4 Å². The number of carbonyl (C=O) groups is 3. The highest BCUT2D eigenvalue weighted by Gasteiger charge is 2.27. The summed E-state index contributed by atoms with van der Waals surface area (Å²) in [5, 5.41) is 13.8. The van der Waals surface area contributed by atoms with Gasteiger partial charge >= 0.3 is 5.97 Å². The molecule has 2 aromatic rings. The quantitative estimate of drug-likeness (QED) is 0.627. The number of aromatic nitrogens is 1. The summed E-state index contributed by atoms with van der Waals surface area (Å²) in [6, 6.07) is 8.40. The number of nitrogens with zero attached hydrogens (tertiary/aromatic N) is 1. The van der Waals surface area contributed by atoms with Gasteiger partial charge in [0.2, 0.25) is 5.91 Å². The van der Waals surface area contributed by atoms with Crippen LogP contribution in [0.4, 0.5) is 0 Å². The lowest BCUT2D eigenvalue weighted by atomic mass is 10.0. The third-order valence-corrected chi connectivity index (χ3v) is 4.65. The van der Waals surface area contributed by atoms with Crippen molar-refractivity contribution in [3.05, 3.63) is 47.3 Å². The molecule has 0 spiro atoms. The van der Waals surface area contributed by atoms with Crippen LogP contribution in [0.25, 0.3) is 5.69 Å². The van der Waals surface area contributed by atoms with Crippen molar-refractivity contribution in [1.29, 1.82) is 0 Å². The molecule has 0 fully saturated rings. The van der Waals surface area contributed by atoms with Gasteiger partial charge in [-0.1, -0.05) is 26.0 Å². The number of ether oxygens (including phenoxy) is 1. The molecule has 0 saturated heterocycles. The molecule has 156 valence electrons. The minimum Gasteiger partial charge on any atom is -0.495 e. The molecule has 1 aromatic carbocycles. The van der Waals surface area contributed by atoms with Crippen molar-refractivity contribution in [2.75, 3.05) is 13.7 Å². The Kier molecular flexibility index (Phi) is 7.03. The first-order valence-electron chi connectivity index (χ1n) is 9.30. The SMILES string of the molecule is COc1ccccc1-n1c(C)cc(C(=O)NC(C(=O)NCC(=O)O)C(C)C)c1C. The van der Waals surface area contributed by atoms with Crippen LogP contribution in [0.3, 0.4) is 0 Å². The molecule has 1 heterocycles. The Labute approximate surface area is 169 Å². The Morgan fingerprint density at radius 1 is 1.17 bits per heavy atom. The van der Waals surface area contributed by atoms with Crippen LogP contribution >= 0.6 is 0 Å². The molecule has 3 N–H and O–H groups in total. The average Bonchev–Trinajstić information content (AvgIpc) is 2.97. The lowest BCUT2D eigenvalue weighted by Crippen LogP contribution is -2.50. The highest BCUT2D eigenvalue weighted by molar-refractivity contribution is 5.99. The molecule has 0 aliphatic heterocycles. The van der Waals surface area contributed by atoms with E-state index >= 15 is 0 Å². The molecule has 0 aliphatic rings. The van der Waals surface area contributed by atoms with Crippen LogP contribution in [0.2, 0.25) is 0 Å². The predicted molar refractivity (Wildman–Crippen MR) is 109 cm³/mol. The predicted octanol–water partition coefficient (Wildman–Crippen LogP) is 2.06. The van der Waals surface area contributed by atoms with Crippen molar-refractivity contribution in [1.82, 2.24) is 15.2 Å². The number of carboxylic acids is 1. The zero-order valence-electron chi connectivity index (χ0n) is 17.3. The summed E-state index contributed by atoms with van der Waals surface area (Å²) >= 11 is 0. The topological polar surface area (TPSA) is 110 Å². The van der Waals surface area contributed by atoms with Crippen LogP contribution in [0.1, 0.15) is 35.6 Å². The van der Waals surface area contributed by atoms with Gasteiger partial charge in [-0.2, -0.15) is 0 Å². The maximum absolute atomic E-state index is 12.9. The standard InChI is InChI=1S/C21H27N3O5/c1-12(2)19(21(28)22-11-18(25)26)23-20(27)15-10-13(3)24(14(15)4)16-8-6-7-9-17(16)29-5/h6-10,12,19H,11H2,1-5H3,(H,22,28)(H,23,27)(H,25,26). The second-order valence-electron chi connectivity index (χ2n) is 7.10. The van der Waals surface area contributed by atoms with E-state index in [4.69, 9.17) is 9.84 Å². The summed E-state index contributed by atoms with van der Waals surface area (Å²) in [5.41, 5.74) is 2.79. The van der Waals surface area contributed by atoms with Crippen molar-refractivity contribution in [3.8, 4) is 11.4 Å². The highest BCUT2D eigenvalue weighted by atomic mass is 16.5. The van der Waals surface area contributed by atoms with Crippen molar-refractivity contribution in [2.45, 2.75) is 33.7 Å². The van der Waals surface area contributed by atoms with E-state index in [1.165, 1.54) is 0 Å². The molecule has 0 bridgehead atoms. The van der Waals surface area contributed by atoms with Gasteiger partial charge in [-0.15, -0.1) is 0 Å². The Hall–Kier alpha value is -3.29. The smallest absolute Gasteiger partial charge is 0.322 e. The molecule has 0 radical (unpaired) electrons. The number of nitrogens with one attached hydrogen (secondary N) is 2. The molecule has 2 amide bonds. The molecule has 0 aliphatic carbocycles. The monoisotopic (exact) mass is 401 g/mol. The third-order valence-electron chi connectivity index (χ3n) is 4.65. The van der Waals surface area contributed by atoms with Gasteiger partial charge in [-0.25, -0.2) is 0 Å².